The molecule has 2 rings (SSSR count). The van der Waals surface area contributed by atoms with Crippen LogP contribution in [0.3, 0.4) is 0 Å². The number of hydrogen-bond acceptors (Lipinski definition) is 5. The Kier molecular flexibility index (Phi) is 5.20. The van der Waals surface area contributed by atoms with Gasteiger partial charge in [0.05, 0.1) is 12.7 Å². The number of likely N-dealkylation sites (tertiary alicyclic amines) is 1. The Hall–Kier alpha value is -1.59. The highest BCUT2D eigenvalue weighted by Gasteiger charge is 2.23. The van der Waals surface area contributed by atoms with Crippen LogP contribution in [0, 0.1) is 0 Å². The second kappa shape index (κ2) is 6.91. The first-order valence-electron chi connectivity index (χ1n) is 7.37. The first-order chi connectivity index (χ1) is 10.0. The summed E-state index contributed by atoms with van der Waals surface area (Å²) >= 11 is 0. The predicted octanol–water partition coefficient (Wildman–Crippen LogP) is 1.58. The monoisotopic (exact) mass is 291 g/mol. The molecule has 1 aliphatic heterocycles. The summed E-state index contributed by atoms with van der Waals surface area (Å²) in [5.41, 5.74) is 7.82. The number of methoxy groups -OCH3 is 1. The van der Waals surface area contributed by atoms with E-state index in [0.29, 0.717) is 23.8 Å². The van der Waals surface area contributed by atoms with E-state index >= 15 is 0 Å². The molecule has 2 N–H and O–H groups in total. The van der Waals surface area contributed by atoms with Gasteiger partial charge in [-0.25, -0.2) is 4.79 Å². The molecule has 0 aromatic heterocycles. The molecule has 0 bridgehead atoms. The summed E-state index contributed by atoms with van der Waals surface area (Å²) < 4.78 is 4.84. The van der Waals surface area contributed by atoms with Crippen molar-refractivity contribution in [2.45, 2.75) is 25.4 Å². The van der Waals surface area contributed by atoms with Gasteiger partial charge in [0.1, 0.15) is 0 Å². The Morgan fingerprint density at radius 2 is 2.29 bits per heavy atom. The molecule has 21 heavy (non-hydrogen) atoms. The smallest absolute Gasteiger partial charge is 0.340 e. The molecule has 0 amide bonds. The van der Waals surface area contributed by atoms with Crippen molar-refractivity contribution in [3.05, 3.63) is 29.3 Å². The van der Waals surface area contributed by atoms with Crippen molar-refractivity contribution in [3.8, 4) is 0 Å². The van der Waals surface area contributed by atoms with Crippen molar-refractivity contribution in [3.63, 3.8) is 0 Å². The van der Waals surface area contributed by atoms with Gasteiger partial charge in [0.25, 0.3) is 0 Å². The lowest BCUT2D eigenvalue weighted by atomic mass is 10.0. The van der Waals surface area contributed by atoms with Crippen LogP contribution in [0.1, 0.15) is 28.8 Å². The fourth-order valence-electron chi connectivity index (χ4n) is 3.03. The Morgan fingerprint density at radius 1 is 1.52 bits per heavy atom. The van der Waals surface area contributed by atoms with Crippen molar-refractivity contribution in [2.24, 2.45) is 0 Å². The second-order valence-corrected chi connectivity index (χ2v) is 5.85. The van der Waals surface area contributed by atoms with Gasteiger partial charge in [-0.15, -0.1) is 0 Å². The predicted molar refractivity (Wildman–Crippen MR) is 84.2 cm³/mol. The summed E-state index contributed by atoms with van der Waals surface area (Å²) in [4.78, 5) is 16.5. The lowest BCUT2D eigenvalue weighted by Crippen LogP contribution is -2.36. The van der Waals surface area contributed by atoms with Gasteiger partial charge < -0.3 is 20.3 Å². The maximum Gasteiger partial charge on any atom is 0.340 e. The zero-order chi connectivity index (χ0) is 15.4. The number of nitrogens with two attached hydrogens (primary N) is 1. The summed E-state index contributed by atoms with van der Waals surface area (Å²) in [6.45, 7) is 2.86. The maximum atomic E-state index is 11.9. The van der Waals surface area contributed by atoms with E-state index in [0.717, 1.165) is 12.1 Å². The number of nitrogens with zero attached hydrogens (tertiary/aromatic N) is 2. The standard InChI is InChI=1S/C16H25N3O2/c1-18(11-13-7-5-9-19(13)2)10-12-6-4-8-14(17)15(12)16(20)21-3/h4,6,8,13H,5,7,9-11,17H2,1-3H3. The molecule has 1 saturated heterocycles. The lowest BCUT2D eigenvalue weighted by Gasteiger charge is -2.26. The van der Waals surface area contributed by atoms with E-state index in [-0.39, 0.29) is 5.97 Å². The molecule has 116 valence electrons. The second-order valence-electron chi connectivity index (χ2n) is 5.85. The summed E-state index contributed by atoms with van der Waals surface area (Å²) in [5.74, 6) is -0.366. The first-order valence-corrected chi connectivity index (χ1v) is 7.37. The molecule has 0 radical (unpaired) electrons. The van der Waals surface area contributed by atoms with Crippen LogP contribution >= 0.6 is 0 Å². The average Bonchev–Trinajstić information content (AvgIpc) is 2.83. The quantitative estimate of drug-likeness (QED) is 0.659. The molecule has 1 aliphatic rings. The number of ether oxygens (including phenoxy) is 1. The molecule has 1 aromatic rings. The van der Waals surface area contributed by atoms with Gasteiger partial charge in [-0.05, 0) is 45.1 Å². The fourth-order valence-corrected chi connectivity index (χ4v) is 3.03. The number of likely N-dealkylation sites (N-methyl/N-ethyl adjacent to an activating group) is 2. The molecule has 1 unspecified atom stereocenters. The van der Waals surface area contributed by atoms with Crippen LogP contribution in [0.15, 0.2) is 18.2 Å². The zero-order valence-electron chi connectivity index (χ0n) is 13.1. The van der Waals surface area contributed by atoms with Crippen molar-refractivity contribution >= 4 is 11.7 Å². The molecule has 0 aliphatic carbocycles. The van der Waals surface area contributed by atoms with Crippen LogP contribution in [0.4, 0.5) is 5.69 Å². The third kappa shape index (κ3) is 3.74. The molecular formula is C16H25N3O2. The minimum absolute atomic E-state index is 0.366. The highest BCUT2D eigenvalue weighted by molar-refractivity contribution is 5.96. The normalized spacial score (nSPS) is 19.1. The molecule has 0 spiro atoms. The summed E-state index contributed by atoms with van der Waals surface area (Å²) in [6.07, 6.45) is 2.50. The zero-order valence-corrected chi connectivity index (χ0v) is 13.1. The summed E-state index contributed by atoms with van der Waals surface area (Å²) in [5, 5.41) is 0. The Bertz CT molecular complexity index is 504. The lowest BCUT2D eigenvalue weighted by molar-refractivity contribution is 0.0599. The number of carbonyl (C=O) groups is 1. The molecule has 1 fully saturated rings. The minimum atomic E-state index is -0.366. The van der Waals surface area contributed by atoms with Crippen LogP contribution in [0.25, 0.3) is 0 Å². The van der Waals surface area contributed by atoms with Crippen molar-refractivity contribution in [1.82, 2.24) is 9.80 Å². The number of benzene rings is 1. The Balaban J connectivity index is 2.08. The van der Waals surface area contributed by atoms with Gasteiger partial charge in [0.15, 0.2) is 0 Å². The van der Waals surface area contributed by atoms with Crippen molar-refractivity contribution < 1.29 is 9.53 Å². The maximum absolute atomic E-state index is 11.9. The van der Waals surface area contributed by atoms with Gasteiger partial charge in [0, 0.05) is 24.8 Å². The van der Waals surface area contributed by atoms with E-state index < -0.39 is 0 Å². The molecule has 1 heterocycles. The van der Waals surface area contributed by atoms with Crippen molar-refractivity contribution in [2.75, 3.05) is 40.0 Å². The highest BCUT2D eigenvalue weighted by atomic mass is 16.5. The summed E-state index contributed by atoms with van der Waals surface area (Å²) in [7, 11) is 5.64. The third-order valence-corrected chi connectivity index (χ3v) is 4.21. The van der Waals surface area contributed by atoms with Crippen LogP contribution in [-0.4, -0.2) is 56.1 Å². The number of anilines is 1. The fraction of sp³-hybridized carbons (Fsp3) is 0.562. The van der Waals surface area contributed by atoms with E-state index in [1.54, 1.807) is 6.07 Å². The van der Waals surface area contributed by atoms with Crippen LogP contribution in [-0.2, 0) is 11.3 Å². The van der Waals surface area contributed by atoms with E-state index in [1.165, 1.54) is 26.5 Å². The molecular weight excluding hydrogens is 266 g/mol. The van der Waals surface area contributed by atoms with Gasteiger partial charge in [0.2, 0.25) is 0 Å². The Morgan fingerprint density at radius 3 is 2.90 bits per heavy atom. The molecule has 1 atom stereocenters. The third-order valence-electron chi connectivity index (χ3n) is 4.21. The molecule has 1 aromatic carbocycles. The van der Waals surface area contributed by atoms with Gasteiger partial charge in [-0.3, -0.25) is 0 Å². The van der Waals surface area contributed by atoms with Crippen molar-refractivity contribution in [1.29, 1.82) is 0 Å². The van der Waals surface area contributed by atoms with E-state index in [2.05, 4.69) is 23.9 Å². The van der Waals surface area contributed by atoms with Gasteiger partial charge >= 0.3 is 5.97 Å². The average molecular weight is 291 g/mol. The van der Waals surface area contributed by atoms with E-state index in [1.807, 2.05) is 12.1 Å². The largest absolute Gasteiger partial charge is 0.465 e. The molecule has 5 nitrogen and oxygen atoms in total. The number of esters is 1. The van der Waals surface area contributed by atoms with Crippen LogP contribution in [0.5, 0.6) is 0 Å². The first kappa shape index (κ1) is 15.8. The number of rotatable bonds is 5. The number of carbonyl (C=O) groups excluding carboxylic acids is 1. The minimum Gasteiger partial charge on any atom is -0.465 e. The summed E-state index contributed by atoms with van der Waals surface area (Å²) in [6, 6.07) is 6.16. The number of nitrogen functional groups attached to an aromatic ring is 1. The SMILES string of the molecule is COC(=O)c1c(N)cccc1CN(C)CC1CCCN1C. The van der Waals surface area contributed by atoms with Gasteiger partial charge in [-0.1, -0.05) is 12.1 Å². The number of hydrogen-bond donors (Lipinski definition) is 1. The van der Waals surface area contributed by atoms with Gasteiger partial charge in [-0.2, -0.15) is 0 Å². The van der Waals surface area contributed by atoms with Crippen LogP contribution in [0.2, 0.25) is 0 Å². The van der Waals surface area contributed by atoms with E-state index in [9.17, 15) is 4.79 Å². The Labute approximate surface area is 126 Å². The highest BCUT2D eigenvalue weighted by Crippen LogP contribution is 2.21. The molecule has 5 heteroatoms. The topological polar surface area (TPSA) is 58.8 Å². The van der Waals surface area contributed by atoms with Crippen LogP contribution < -0.4 is 5.73 Å². The molecule has 0 saturated carbocycles. The van der Waals surface area contributed by atoms with E-state index in [4.69, 9.17) is 10.5 Å².